The van der Waals surface area contributed by atoms with Crippen molar-refractivity contribution in [1.29, 1.82) is 0 Å². The van der Waals surface area contributed by atoms with E-state index in [1.165, 1.54) is 6.42 Å². The summed E-state index contributed by atoms with van der Waals surface area (Å²) in [5.74, 6) is 0.753. The Morgan fingerprint density at radius 3 is 2.76 bits per heavy atom. The third-order valence-corrected chi connectivity index (χ3v) is 4.15. The van der Waals surface area contributed by atoms with Crippen LogP contribution in [0.2, 0.25) is 0 Å². The topological polar surface area (TPSA) is 49.8 Å². The number of amides is 1. The van der Waals surface area contributed by atoms with Gasteiger partial charge < -0.3 is 14.7 Å². The summed E-state index contributed by atoms with van der Waals surface area (Å²) in [6.45, 7) is 3.89. The van der Waals surface area contributed by atoms with E-state index in [0.717, 1.165) is 44.6 Å². The molecule has 0 bridgehead atoms. The standard InChI is InChI=1S/C13H23NO3/c1-2-11-4-6-13(16,7-5-11)10-14-8-3-9-17-12(14)15/h11,16H,2-10H2,1H3. The molecule has 17 heavy (non-hydrogen) atoms. The molecule has 1 heterocycles. The number of rotatable bonds is 3. The van der Waals surface area contributed by atoms with Crippen molar-refractivity contribution in [2.45, 2.75) is 51.0 Å². The van der Waals surface area contributed by atoms with Gasteiger partial charge in [-0.1, -0.05) is 13.3 Å². The first-order valence-corrected chi connectivity index (χ1v) is 6.77. The van der Waals surface area contributed by atoms with Crippen LogP contribution in [-0.2, 0) is 4.74 Å². The Kier molecular flexibility index (Phi) is 3.92. The molecule has 2 rings (SSSR count). The number of aliphatic hydroxyl groups is 1. The monoisotopic (exact) mass is 241 g/mol. The molecule has 1 N–H and O–H groups in total. The molecule has 1 saturated carbocycles. The summed E-state index contributed by atoms with van der Waals surface area (Å²) in [5, 5.41) is 10.5. The molecular weight excluding hydrogens is 218 g/mol. The summed E-state index contributed by atoms with van der Waals surface area (Å²) >= 11 is 0. The fourth-order valence-electron chi connectivity index (χ4n) is 2.88. The first kappa shape index (κ1) is 12.7. The molecule has 0 aromatic heterocycles. The quantitative estimate of drug-likeness (QED) is 0.823. The second-order valence-electron chi connectivity index (χ2n) is 5.47. The summed E-state index contributed by atoms with van der Waals surface area (Å²) in [6, 6.07) is 0. The van der Waals surface area contributed by atoms with Crippen LogP contribution in [0.4, 0.5) is 4.79 Å². The third kappa shape index (κ3) is 3.12. The smallest absolute Gasteiger partial charge is 0.409 e. The second kappa shape index (κ2) is 5.25. The van der Waals surface area contributed by atoms with E-state index in [0.29, 0.717) is 13.2 Å². The van der Waals surface area contributed by atoms with E-state index in [2.05, 4.69) is 6.92 Å². The van der Waals surface area contributed by atoms with Crippen molar-refractivity contribution < 1.29 is 14.6 Å². The highest BCUT2D eigenvalue weighted by molar-refractivity contribution is 5.68. The van der Waals surface area contributed by atoms with Crippen molar-refractivity contribution in [2.24, 2.45) is 5.92 Å². The molecule has 0 radical (unpaired) electrons. The maximum atomic E-state index is 11.5. The first-order chi connectivity index (χ1) is 8.13. The molecular formula is C13H23NO3. The summed E-state index contributed by atoms with van der Waals surface area (Å²) in [4.78, 5) is 13.2. The van der Waals surface area contributed by atoms with E-state index in [1.807, 2.05) is 0 Å². The molecule has 4 nitrogen and oxygen atoms in total. The number of carbonyl (C=O) groups excluding carboxylic acids is 1. The molecule has 0 aromatic carbocycles. The molecule has 0 atom stereocenters. The van der Waals surface area contributed by atoms with Crippen LogP contribution in [-0.4, -0.2) is 41.4 Å². The minimum Gasteiger partial charge on any atom is -0.449 e. The average Bonchev–Trinajstić information content (AvgIpc) is 2.33. The van der Waals surface area contributed by atoms with Gasteiger partial charge in [-0.3, -0.25) is 0 Å². The van der Waals surface area contributed by atoms with E-state index in [4.69, 9.17) is 4.74 Å². The van der Waals surface area contributed by atoms with Crippen LogP contribution < -0.4 is 0 Å². The zero-order chi connectivity index (χ0) is 12.3. The van der Waals surface area contributed by atoms with Crippen LogP contribution >= 0.6 is 0 Å². The number of cyclic esters (lactones) is 1. The third-order valence-electron chi connectivity index (χ3n) is 4.15. The highest BCUT2D eigenvalue weighted by Crippen LogP contribution is 2.34. The minimum atomic E-state index is -0.679. The lowest BCUT2D eigenvalue weighted by Crippen LogP contribution is -2.49. The van der Waals surface area contributed by atoms with Crippen LogP contribution in [0.15, 0.2) is 0 Å². The fraction of sp³-hybridized carbons (Fsp3) is 0.923. The van der Waals surface area contributed by atoms with Crippen molar-refractivity contribution in [2.75, 3.05) is 19.7 Å². The highest BCUT2D eigenvalue weighted by Gasteiger charge is 2.36. The lowest BCUT2D eigenvalue weighted by atomic mass is 9.77. The van der Waals surface area contributed by atoms with E-state index in [1.54, 1.807) is 4.90 Å². The lowest BCUT2D eigenvalue weighted by molar-refractivity contribution is -0.0425. The summed E-state index contributed by atoms with van der Waals surface area (Å²) in [5.41, 5.74) is -0.679. The van der Waals surface area contributed by atoms with Crippen molar-refractivity contribution in [3.05, 3.63) is 0 Å². The predicted octanol–water partition coefficient (Wildman–Crippen LogP) is 2.16. The van der Waals surface area contributed by atoms with Gasteiger partial charge in [0.1, 0.15) is 0 Å². The molecule has 0 spiro atoms. The number of ether oxygens (including phenoxy) is 1. The Morgan fingerprint density at radius 1 is 1.47 bits per heavy atom. The number of hydrogen-bond donors (Lipinski definition) is 1. The van der Waals surface area contributed by atoms with Crippen molar-refractivity contribution in [3.8, 4) is 0 Å². The second-order valence-corrected chi connectivity index (χ2v) is 5.47. The summed E-state index contributed by atoms with van der Waals surface area (Å²) in [7, 11) is 0. The number of β-amino-alcohol motifs (C(OH)–C–C–N with tert-alkyl or cyclic N) is 1. The van der Waals surface area contributed by atoms with E-state index < -0.39 is 5.60 Å². The number of carbonyl (C=O) groups is 1. The van der Waals surface area contributed by atoms with Crippen molar-refractivity contribution in [1.82, 2.24) is 4.90 Å². The molecule has 1 aliphatic heterocycles. The maximum Gasteiger partial charge on any atom is 0.409 e. The highest BCUT2D eigenvalue weighted by atomic mass is 16.6. The molecule has 2 aliphatic rings. The van der Waals surface area contributed by atoms with Gasteiger partial charge in [-0.2, -0.15) is 0 Å². The molecule has 0 unspecified atom stereocenters. The van der Waals surface area contributed by atoms with Gasteiger partial charge in [-0.15, -0.1) is 0 Å². The van der Waals surface area contributed by atoms with Crippen LogP contribution in [0.25, 0.3) is 0 Å². The molecule has 1 saturated heterocycles. The van der Waals surface area contributed by atoms with Gasteiger partial charge in [-0.05, 0) is 38.0 Å². The molecule has 4 heteroatoms. The zero-order valence-corrected chi connectivity index (χ0v) is 10.7. The van der Waals surface area contributed by atoms with Crippen molar-refractivity contribution in [3.63, 3.8) is 0 Å². The van der Waals surface area contributed by atoms with Gasteiger partial charge in [0.15, 0.2) is 0 Å². The van der Waals surface area contributed by atoms with E-state index >= 15 is 0 Å². The lowest BCUT2D eigenvalue weighted by Gasteiger charge is -2.40. The van der Waals surface area contributed by atoms with E-state index in [9.17, 15) is 9.90 Å². The molecule has 98 valence electrons. The van der Waals surface area contributed by atoms with Crippen LogP contribution in [0, 0.1) is 5.92 Å². The molecule has 1 amide bonds. The Hall–Kier alpha value is -0.770. The Bertz CT molecular complexity index is 272. The first-order valence-electron chi connectivity index (χ1n) is 6.77. The fourth-order valence-corrected chi connectivity index (χ4v) is 2.88. The minimum absolute atomic E-state index is 0.262. The Morgan fingerprint density at radius 2 is 2.18 bits per heavy atom. The Balaban J connectivity index is 1.87. The van der Waals surface area contributed by atoms with Crippen LogP contribution in [0.3, 0.4) is 0 Å². The SMILES string of the molecule is CCC1CCC(O)(CN2CCCOC2=O)CC1. The van der Waals surface area contributed by atoms with Gasteiger partial charge in [-0.25, -0.2) is 4.79 Å². The maximum absolute atomic E-state index is 11.5. The van der Waals surface area contributed by atoms with Gasteiger partial charge in [0.2, 0.25) is 0 Å². The molecule has 0 aromatic rings. The van der Waals surface area contributed by atoms with Gasteiger partial charge in [0, 0.05) is 6.54 Å². The van der Waals surface area contributed by atoms with Crippen molar-refractivity contribution >= 4 is 6.09 Å². The summed E-state index contributed by atoms with van der Waals surface area (Å²) < 4.78 is 5.00. The van der Waals surface area contributed by atoms with E-state index in [-0.39, 0.29) is 6.09 Å². The molecule has 2 fully saturated rings. The van der Waals surface area contributed by atoms with Crippen LogP contribution in [0.5, 0.6) is 0 Å². The largest absolute Gasteiger partial charge is 0.449 e. The normalized spacial score (nSPS) is 34.6. The molecule has 1 aliphatic carbocycles. The Labute approximate surface area is 103 Å². The van der Waals surface area contributed by atoms with Crippen LogP contribution in [0.1, 0.15) is 45.4 Å². The number of hydrogen-bond acceptors (Lipinski definition) is 3. The van der Waals surface area contributed by atoms with Gasteiger partial charge in [0.05, 0.1) is 18.8 Å². The number of nitrogens with zero attached hydrogens (tertiary/aromatic N) is 1. The van der Waals surface area contributed by atoms with Gasteiger partial charge in [0.25, 0.3) is 0 Å². The predicted molar refractivity (Wildman–Crippen MR) is 64.7 cm³/mol. The average molecular weight is 241 g/mol. The van der Waals surface area contributed by atoms with Gasteiger partial charge >= 0.3 is 6.09 Å². The summed E-state index contributed by atoms with van der Waals surface area (Å²) in [6.07, 6.45) is 5.60. The zero-order valence-electron chi connectivity index (χ0n) is 10.7.